The number of hydrogen-bond acceptors (Lipinski definition) is 3. The molecule has 0 aromatic carbocycles. The van der Waals surface area contributed by atoms with Crippen LogP contribution in [0.15, 0.2) is 0 Å². The zero-order chi connectivity index (χ0) is 13.1. The van der Waals surface area contributed by atoms with Crippen LogP contribution < -0.4 is 10.6 Å². The summed E-state index contributed by atoms with van der Waals surface area (Å²) in [6.07, 6.45) is 1.30. The molecule has 0 heterocycles. The lowest BCUT2D eigenvalue weighted by atomic mass is 9.89. The second-order valence-electron chi connectivity index (χ2n) is 5.65. The van der Waals surface area contributed by atoms with Crippen LogP contribution in [0.4, 0.5) is 0 Å². The van der Waals surface area contributed by atoms with Gasteiger partial charge in [-0.3, -0.25) is 9.59 Å². The van der Waals surface area contributed by atoms with Gasteiger partial charge in [-0.1, -0.05) is 20.8 Å². The summed E-state index contributed by atoms with van der Waals surface area (Å²) < 4.78 is 0. The van der Waals surface area contributed by atoms with E-state index in [0.717, 1.165) is 0 Å². The third-order valence-corrected chi connectivity index (χ3v) is 2.80. The third kappa shape index (κ3) is 4.73. The van der Waals surface area contributed by atoms with Crippen LogP contribution in [-0.2, 0) is 9.59 Å². The first-order valence-electron chi connectivity index (χ1n) is 6.05. The molecule has 1 fully saturated rings. The lowest BCUT2D eigenvalue weighted by Crippen LogP contribution is -2.47. The highest BCUT2D eigenvalue weighted by Gasteiger charge is 2.28. The fraction of sp³-hybridized carbons (Fsp3) is 0.833. The van der Waals surface area contributed by atoms with Gasteiger partial charge in [0.15, 0.2) is 0 Å². The first-order chi connectivity index (χ1) is 7.79. The van der Waals surface area contributed by atoms with E-state index in [1.807, 2.05) is 20.8 Å². The second-order valence-corrected chi connectivity index (χ2v) is 5.65. The van der Waals surface area contributed by atoms with E-state index in [2.05, 4.69) is 10.6 Å². The fourth-order valence-corrected chi connectivity index (χ4v) is 1.56. The summed E-state index contributed by atoms with van der Waals surface area (Å²) in [4.78, 5) is 22.9. The fourth-order valence-electron chi connectivity index (χ4n) is 1.56. The van der Waals surface area contributed by atoms with Crippen molar-refractivity contribution < 1.29 is 14.7 Å². The number of aliphatic hydroxyl groups is 1. The standard InChI is InChI=1S/C12H22N2O3/c1-12(2,3)11(17)13-5-4-10(16)14-8-6-9(15)7-8/h8-9,15H,4-7H2,1-3H3,(H,13,17)(H,14,16). The topological polar surface area (TPSA) is 78.4 Å². The Hall–Kier alpha value is -1.10. The molecule has 2 amide bonds. The first kappa shape index (κ1) is 14.0. The van der Waals surface area contributed by atoms with E-state index in [0.29, 0.717) is 19.4 Å². The molecule has 0 aliphatic heterocycles. The highest BCUT2D eigenvalue weighted by atomic mass is 16.3. The molecule has 0 bridgehead atoms. The second kappa shape index (κ2) is 5.49. The number of rotatable bonds is 4. The maximum Gasteiger partial charge on any atom is 0.225 e. The summed E-state index contributed by atoms with van der Waals surface area (Å²) in [7, 11) is 0. The van der Waals surface area contributed by atoms with Crippen molar-refractivity contribution in [3.63, 3.8) is 0 Å². The zero-order valence-corrected chi connectivity index (χ0v) is 10.7. The molecule has 0 aromatic heterocycles. The van der Waals surface area contributed by atoms with Gasteiger partial charge in [0.25, 0.3) is 0 Å². The van der Waals surface area contributed by atoms with E-state index in [4.69, 9.17) is 5.11 Å². The normalized spacial score (nSPS) is 23.8. The number of hydrogen-bond donors (Lipinski definition) is 3. The molecule has 17 heavy (non-hydrogen) atoms. The van der Waals surface area contributed by atoms with Gasteiger partial charge in [-0.15, -0.1) is 0 Å². The first-order valence-corrected chi connectivity index (χ1v) is 6.05. The molecule has 0 atom stereocenters. The molecule has 5 heteroatoms. The SMILES string of the molecule is CC(C)(C)C(=O)NCCC(=O)NC1CC(O)C1. The number of aliphatic hydroxyl groups excluding tert-OH is 1. The van der Waals surface area contributed by atoms with Crippen LogP contribution in [0.5, 0.6) is 0 Å². The minimum absolute atomic E-state index is 0.0515. The molecule has 0 radical (unpaired) electrons. The predicted octanol–water partition coefficient (Wildman–Crippen LogP) is 0.178. The Kier molecular flexibility index (Phi) is 4.51. The highest BCUT2D eigenvalue weighted by molar-refractivity contribution is 5.82. The number of carbonyl (C=O) groups excluding carboxylic acids is 2. The predicted molar refractivity (Wildman–Crippen MR) is 64.3 cm³/mol. The summed E-state index contributed by atoms with van der Waals surface area (Å²) in [5.74, 6) is -0.125. The number of carbonyl (C=O) groups is 2. The van der Waals surface area contributed by atoms with Crippen molar-refractivity contribution >= 4 is 11.8 Å². The van der Waals surface area contributed by atoms with E-state index < -0.39 is 5.41 Å². The van der Waals surface area contributed by atoms with Crippen LogP contribution in [0.3, 0.4) is 0 Å². The van der Waals surface area contributed by atoms with Gasteiger partial charge in [0, 0.05) is 24.4 Å². The van der Waals surface area contributed by atoms with Gasteiger partial charge in [0.05, 0.1) is 6.10 Å². The average Bonchev–Trinajstić information content (AvgIpc) is 2.13. The molecule has 1 aliphatic carbocycles. The van der Waals surface area contributed by atoms with Crippen molar-refractivity contribution in [2.75, 3.05) is 6.54 Å². The summed E-state index contributed by atoms with van der Waals surface area (Å²) in [6.45, 7) is 5.85. The van der Waals surface area contributed by atoms with E-state index in [-0.39, 0.29) is 30.4 Å². The molecule has 0 unspecified atom stereocenters. The van der Waals surface area contributed by atoms with Crippen LogP contribution >= 0.6 is 0 Å². The van der Waals surface area contributed by atoms with Crippen molar-refractivity contribution in [1.29, 1.82) is 0 Å². The Morgan fingerprint density at radius 1 is 1.29 bits per heavy atom. The van der Waals surface area contributed by atoms with Crippen molar-refractivity contribution in [2.24, 2.45) is 5.41 Å². The van der Waals surface area contributed by atoms with Gasteiger partial charge in [0.1, 0.15) is 0 Å². The zero-order valence-electron chi connectivity index (χ0n) is 10.7. The quantitative estimate of drug-likeness (QED) is 0.658. The third-order valence-electron chi connectivity index (χ3n) is 2.80. The Morgan fingerprint density at radius 3 is 2.35 bits per heavy atom. The Labute approximate surface area is 102 Å². The van der Waals surface area contributed by atoms with Crippen molar-refractivity contribution in [3.8, 4) is 0 Å². The molecule has 98 valence electrons. The molecule has 0 spiro atoms. The molecule has 1 aliphatic rings. The lowest BCUT2D eigenvalue weighted by molar-refractivity contribution is -0.128. The van der Waals surface area contributed by atoms with Gasteiger partial charge in [-0.25, -0.2) is 0 Å². The molecular formula is C12H22N2O3. The van der Waals surface area contributed by atoms with Gasteiger partial charge in [-0.2, -0.15) is 0 Å². The van der Waals surface area contributed by atoms with Gasteiger partial charge in [0.2, 0.25) is 11.8 Å². The van der Waals surface area contributed by atoms with Crippen LogP contribution in [0.1, 0.15) is 40.0 Å². The maximum absolute atomic E-state index is 11.5. The van der Waals surface area contributed by atoms with Gasteiger partial charge in [-0.05, 0) is 12.8 Å². The molecule has 0 saturated heterocycles. The average molecular weight is 242 g/mol. The van der Waals surface area contributed by atoms with Gasteiger partial charge < -0.3 is 15.7 Å². The summed E-state index contributed by atoms with van der Waals surface area (Å²) in [5.41, 5.74) is -0.422. The Bertz CT molecular complexity index is 291. The van der Waals surface area contributed by atoms with Gasteiger partial charge >= 0.3 is 0 Å². The maximum atomic E-state index is 11.5. The molecule has 5 nitrogen and oxygen atoms in total. The summed E-state index contributed by atoms with van der Waals surface area (Å²) >= 11 is 0. The Balaban J connectivity index is 2.10. The minimum Gasteiger partial charge on any atom is -0.393 e. The largest absolute Gasteiger partial charge is 0.393 e. The Morgan fingerprint density at radius 2 is 1.88 bits per heavy atom. The molecule has 0 aromatic rings. The number of nitrogens with one attached hydrogen (secondary N) is 2. The molecule has 3 N–H and O–H groups in total. The van der Waals surface area contributed by atoms with Crippen LogP contribution in [-0.4, -0.2) is 35.6 Å². The van der Waals surface area contributed by atoms with Crippen LogP contribution in [0, 0.1) is 5.41 Å². The number of amides is 2. The molecule has 1 saturated carbocycles. The molecule has 1 rings (SSSR count). The van der Waals surface area contributed by atoms with Crippen molar-refractivity contribution in [3.05, 3.63) is 0 Å². The van der Waals surface area contributed by atoms with E-state index in [9.17, 15) is 9.59 Å². The van der Waals surface area contributed by atoms with E-state index in [1.165, 1.54) is 0 Å². The summed E-state index contributed by atoms with van der Waals surface area (Å²) in [5, 5.41) is 14.6. The smallest absolute Gasteiger partial charge is 0.225 e. The van der Waals surface area contributed by atoms with Crippen LogP contribution in [0.25, 0.3) is 0 Å². The van der Waals surface area contributed by atoms with E-state index in [1.54, 1.807) is 0 Å². The van der Waals surface area contributed by atoms with Crippen molar-refractivity contribution in [1.82, 2.24) is 10.6 Å². The highest BCUT2D eigenvalue weighted by Crippen LogP contribution is 2.19. The summed E-state index contributed by atoms with van der Waals surface area (Å²) in [6, 6.07) is 0.107. The van der Waals surface area contributed by atoms with Crippen molar-refractivity contribution in [2.45, 2.75) is 52.2 Å². The molecular weight excluding hydrogens is 220 g/mol. The monoisotopic (exact) mass is 242 g/mol. The van der Waals surface area contributed by atoms with E-state index >= 15 is 0 Å². The minimum atomic E-state index is -0.422. The lowest BCUT2D eigenvalue weighted by Gasteiger charge is -2.32. The van der Waals surface area contributed by atoms with Crippen LogP contribution in [0.2, 0.25) is 0 Å².